The Morgan fingerprint density at radius 2 is 1.74 bits per heavy atom. The zero-order chi connectivity index (χ0) is 13.7. The van der Waals surface area contributed by atoms with E-state index in [1.165, 1.54) is 0 Å². The average molecular weight is 253 g/mol. The van der Waals surface area contributed by atoms with Gasteiger partial charge < -0.3 is 9.84 Å². The molecule has 0 saturated heterocycles. The second kappa shape index (κ2) is 5.69. The number of benzene rings is 2. The molecule has 2 rings (SSSR count). The minimum Gasteiger partial charge on any atom is -0.489 e. The first-order valence-electron chi connectivity index (χ1n) is 5.64. The van der Waals surface area contributed by atoms with Gasteiger partial charge >= 0.3 is 5.97 Å². The Balaban J connectivity index is 1.98. The molecule has 0 saturated carbocycles. The highest BCUT2D eigenvalue weighted by Gasteiger charge is 2.02. The van der Waals surface area contributed by atoms with Crippen LogP contribution >= 0.6 is 0 Å². The number of ether oxygens (including phenoxy) is 1. The van der Waals surface area contributed by atoms with Gasteiger partial charge in [0.15, 0.2) is 0 Å². The SMILES string of the molecule is N#Cc1ccc(OCc2ccc(C(=O)O)cc2)cc1. The molecule has 2 aromatic carbocycles. The normalized spacial score (nSPS) is 9.63. The van der Waals surface area contributed by atoms with E-state index in [9.17, 15) is 4.79 Å². The van der Waals surface area contributed by atoms with Crippen LogP contribution in [0.2, 0.25) is 0 Å². The Morgan fingerprint density at radius 3 is 2.26 bits per heavy atom. The second-order valence-corrected chi connectivity index (χ2v) is 3.93. The maximum atomic E-state index is 10.7. The van der Waals surface area contributed by atoms with Crippen LogP contribution in [-0.2, 0) is 6.61 Å². The van der Waals surface area contributed by atoms with E-state index >= 15 is 0 Å². The van der Waals surface area contributed by atoms with Crippen molar-refractivity contribution < 1.29 is 14.6 Å². The number of aromatic carboxylic acids is 1. The van der Waals surface area contributed by atoms with Gasteiger partial charge in [0, 0.05) is 0 Å². The fourth-order valence-electron chi connectivity index (χ4n) is 1.54. The molecule has 2 aromatic rings. The molecule has 0 atom stereocenters. The Hall–Kier alpha value is -2.80. The van der Waals surface area contributed by atoms with E-state index in [1.807, 2.05) is 6.07 Å². The molecule has 0 bridgehead atoms. The Labute approximate surface area is 110 Å². The molecule has 94 valence electrons. The van der Waals surface area contributed by atoms with Crippen molar-refractivity contribution in [3.8, 4) is 11.8 Å². The van der Waals surface area contributed by atoms with Crippen LogP contribution in [0.5, 0.6) is 5.75 Å². The highest BCUT2D eigenvalue weighted by atomic mass is 16.5. The van der Waals surface area contributed by atoms with E-state index in [2.05, 4.69) is 0 Å². The minimum absolute atomic E-state index is 0.252. The number of hydrogen-bond acceptors (Lipinski definition) is 3. The van der Waals surface area contributed by atoms with Gasteiger partial charge in [-0.05, 0) is 42.0 Å². The van der Waals surface area contributed by atoms with E-state index in [0.29, 0.717) is 17.9 Å². The van der Waals surface area contributed by atoms with Crippen LogP contribution in [0.15, 0.2) is 48.5 Å². The summed E-state index contributed by atoms with van der Waals surface area (Å²) in [4.78, 5) is 10.7. The van der Waals surface area contributed by atoms with Crippen LogP contribution in [0.3, 0.4) is 0 Å². The Kier molecular flexibility index (Phi) is 3.79. The van der Waals surface area contributed by atoms with Crippen LogP contribution in [0.25, 0.3) is 0 Å². The third-order valence-electron chi connectivity index (χ3n) is 2.59. The van der Waals surface area contributed by atoms with E-state index in [0.717, 1.165) is 5.56 Å². The number of carboxylic acids is 1. The molecule has 4 nitrogen and oxygen atoms in total. The number of hydrogen-bond donors (Lipinski definition) is 1. The van der Waals surface area contributed by atoms with Gasteiger partial charge in [-0.25, -0.2) is 4.79 Å². The van der Waals surface area contributed by atoms with Crippen molar-refractivity contribution in [3.63, 3.8) is 0 Å². The Bertz CT molecular complexity index is 609. The lowest BCUT2D eigenvalue weighted by Gasteiger charge is -2.06. The molecule has 0 fully saturated rings. The van der Waals surface area contributed by atoms with Gasteiger partial charge in [-0.3, -0.25) is 0 Å². The summed E-state index contributed by atoms with van der Waals surface area (Å²) >= 11 is 0. The highest BCUT2D eigenvalue weighted by Crippen LogP contribution is 2.14. The fraction of sp³-hybridized carbons (Fsp3) is 0.0667. The summed E-state index contributed by atoms with van der Waals surface area (Å²) in [5.41, 5.74) is 1.72. The van der Waals surface area contributed by atoms with Crippen molar-refractivity contribution in [3.05, 3.63) is 65.2 Å². The van der Waals surface area contributed by atoms with Crippen LogP contribution in [-0.4, -0.2) is 11.1 Å². The molecular weight excluding hydrogens is 242 g/mol. The molecule has 4 heteroatoms. The quantitative estimate of drug-likeness (QED) is 0.909. The monoisotopic (exact) mass is 253 g/mol. The zero-order valence-corrected chi connectivity index (χ0v) is 10.0. The van der Waals surface area contributed by atoms with Crippen molar-refractivity contribution in [2.45, 2.75) is 6.61 Å². The molecule has 0 heterocycles. The predicted molar refractivity (Wildman–Crippen MR) is 68.9 cm³/mol. The van der Waals surface area contributed by atoms with E-state index < -0.39 is 5.97 Å². The highest BCUT2D eigenvalue weighted by molar-refractivity contribution is 5.87. The minimum atomic E-state index is -0.945. The first-order valence-corrected chi connectivity index (χ1v) is 5.64. The standard InChI is InChI=1S/C15H11NO3/c16-9-11-3-7-14(8-4-11)19-10-12-1-5-13(6-2-12)15(17)18/h1-8H,10H2,(H,17,18). The predicted octanol–water partition coefficient (Wildman–Crippen LogP) is 2.84. The van der Waals surface area contributed by atoms with Gasteiger partial charge in [0.1, 0.15) is 12.4 Å². The molecule has 0 radical (unpaired) electrons. The first-order chi connectivity index (χ1) is 9.19. The van der Waals surface area contributed by atoms with Crippen LogP contribution in [0.1, 0.15) is 21.5 Å². The van der Waals surface area contributed by atoms with Gasteiger partial charge in [-0.1, -0.05) is 12.1 Å². The molecule has 0 unspecified atom stereocenters. The maximum Gasteiger partial charge on any atom is 0.335 e. The fourth-order valence-corrected chi connectivity index (χ4v) is 1.54. The summed E-state index contributed by atoms with van der Waals surface area (Å²) in [6.45, 7) is 0.353. The molecule has 0 aliphatic carbocycles. The molecule has 0 amide bonds. The summed E-state index contributed by atoms with van der Waals surface area (Å²) in [5, 5.41) is 17.4. The summed E-state index contributed by atoms with van der Waals surface area (Å²) in [6, 6.07) is 15.4. The van der Waals surface area contributed by atoms with Gasteiger partial charge in [-0.15, -0.1) is 0 Å². The lowest BCUT2D eigenvalue weighted by Crippen LogP contribution is -1.98. The van der Waals surface area contributed by atoms with Crippen molar-refractivity contribution >= 4 is 5.97 Å². The van der Waals surface area contributed by atoms with Gasteiger partial charge in [0.25, 0.3) is 0 Å². The first kappa shape index (κ1) is 12.7. The topological polar surface area (TPSA) is 70.3 Å². The van der Waals surface area contributed by atoms with Crippen molar-refractivity contribution in [1.82, 2.24) is 0 Å². The third-order valence-corrected chi connectivity index (χ3v) is 2.59. The number of carboxylic acid groups (broad SMARTS) is 1. The van der Waals surface area contributed by atoms with E-state index in [1.54, 1.807) is 48.5 Å². The van der Waals surface area contributed by atoms with Gasteiger partial charge in [0.2, 0.25) is 0 Å². The van der Waals surface area contributed by atoms with Crippen LogP contribution in [0, 0.1) is 11.3 Å². The maximum absolute atomic E-state index is 10.7. The molecule has 1 N–H and O–H groups in total. The number of nitriles is 1. The smallest absolute Gasteiger partial charge is 0.335 e. The summed E-state index contributed by atoms with van der Waals surface area (Å²) in [5.74, 6) is -0.277. The second-order valence-electron chi connectivity index (χ2n) is 3.93. The van der Waals surface area contributed by atoms with Gasteiger partial charge in [-0.2, -0.15) is 5.26 Å². The molecule has 0 aliphatic rings. The number of rotatable bonds is 4. The summed E-state index contributed by atoms with van der Waals surface area (Å²) in [6.07, 6.45) is 0. The van der Waals surface area contributed by atoms with Crippen molar-refractivity contribution in [2.24, 2.45) is 0 Å². The molecule has 0 aromatic heterocycles. The molecule has 0 spiro atoms. The molecule has 0 aliphatic heterocycles. The van der Waals surface area contributed by atoms with Crippen LogP contribution < -0.4 is 4.74 Å². The van der Waals surface area contributed by atoms with Crippen molar-refractivity contribution in [1.29, 1.82) is 5.26 Å². The molecular formula is C15H11NO3. The van der Waals surface area contributed by atoms with E-state index in [-0.39, 0.29) is 5.56 Å². The largest absolute Gasteiger partial charge is 0.489 e. The Morgan fingerprint density at radius 1 is 1.11 bits per heavy atom. The third kappa shape index (κ3) is 3.33. The van der Waals surface area contributed by atoms with E-state index in [4.69, 9.17) is 15.1 Å². The van der Waals surface area contributed by atoms with Crippen molar-refractivity contribution in [2.75, 3.05) is 0 Å². The lowest BCUT2D eigenvalue weighted by atomic mass is 10.1. The van der Waals surface area contributed by atoms with Crippen LogP contribution in [0.4, 0.5) is 0 Å². The lowest BCUT2D eigenvalue weighted by molar-refractivity contribution is 0.0697. The summed E-state index contributed by atoms with van der Waals surface area (Å²) in [7, 11) is 0. The molecule has 19 heavy (non-hydrogen) atoms. The average Bonchev–Trinajstić information content (AvgIpc) is 2.46. The van der Waals surface area contributed by atoms with Gasteiger partial charge in [0.05, 0.1) is 17.2 Å². The zero-order valence-electron chi connectivity index (χ0n) is 10.0. The summed E-state index contributed by atoms with van der Waals surface area (Å²) < 4.78 is 5.54. The number of carbonyl (C=O) groups is 1. The number of nitrogens with zero attached hydrogens (tertiary/aromatic N) is 1.